The van der Waals surface area contributed by atoms with Crippen LogP contribution in [0.15, 0.2) is 18.5 Å². The second-order valence-electron chi connectivity index (χ2n) is 5.40. The maximum absolute atomic E-state index is 12.5. The van der Waals surface area contributed by atoms with Crippen LogP contribution in [0.25, 0.3) is 11.0 Å². The number of imidazole rings is 1. The zero-order valence-corrected chi connectivity index (χ0v) is 10.8. The first-order chi connectivity index (χ1) is 9.35. The Bertz CT molecular complexity index is 646. The van der Waals surface area contributed by atoms with Gasteiger partial charge in [0.15, 0.2) is 5.75 Å². The number of aliphatic hydroxyl groups is 1. The third kappa shape index (κ3) is 2.18. The molecule has 0 unspecified atom stereocenters. The number of benzene rings is 1. The Morgan fingerprint density at radius 2 is 2.15 bits per heavy atom. The van der Waals surface area contributed by atoms with Crippen LogP contribution in [-0.4, -0.2) is 32.0 Å². The Morgan fingerprint density at radius 1 is 1.45 bits per heavy atom. The number of fused-ring (bicyclic) bond motifs is 1. The summed E-state index contributed by atoms with van der Waals surface area (Å²) in [4.78, 5) is 4.09. The summed E-state index contributed by atoms with van der Waals surface area (Å²) < 4.78 is 31.1. The van der Waals surface area contributed by atoms with Crippen molar-refractivity contribution in [1.82, 2.24) is 9.55 Å². The van der Waals surface area contributed by atoms with Crippen molar-refractivity contribution in [2.75, 3.05) is 0 Å². The maximum Gasteiger partial charge on any atom is 0.387 e. The quantitative estimate of drug-likeness (QED) is 0.908. The molecular weight excluding hydrogens is 270 g/mol. The third-order valence-corrected chi connectivity index (χ3v) is 3.58. The minimum atomic E-state index is -2.98. The third-order valence-electron chi connectivity index (χ3n) is 3.58. The SMILES string of the molecule is C[C@]1(O)C[C@@H](n2cnc3cc(O)cc(OC(F)F)c32)C1. The summed E-state index contributed by atoms with van der Waals surface area (Å²) in [5, 5.41) is 19.3. The molecule has 1 aromatic carbocycles. The molecule has 0 atom stereocenters. The van der Waals surface area contributed by atoms with E-state index >= 15 is 0 Å². The van der Waals surface area contributed by atoms with Gasteiger partial charge in [-0.25, -0.2) is 4.98 Å². The number of phenols is 1. The average Bonchev–Trinajstić information content (AvgIpc) is 2.68. The van der Waals surface area contributed by atoms with Crippen LogP contribution < -0.4 is 4.74 Å². The highest BCUT2D eigenvalue weighted by molar-refractivity contribution is 5.84. The number of aromatic nitrogens is 2. The molecule has 7 heteroatoms. The molecule has 1 aromatic heterocycles. The Balaban J connectivity index is 2.05. The topological polar surface area (TPSA) is 67.5 Å². The van der Waals surface area contributed by atoms with E-state index < -0.39 is 12.2 Å². The fourth-order valence-electron chi connectivity index (χ4n) is 2.73. The molecule has 1 heterocycles. The summed E-state index contributed by atoms with van der Waals surface area (Å²) >= 11 is 0. The molecule has 1 aliphatic rings. The molecule has 5 nitrogen and oxygen atoms in total. The summed E-state index contributed by atoms with van der Waals surface area (Å²) in [5.74, 6) is -0.293. The molecule has 1 fully saturated rings. The molecular formula is C13H14F2N2O3. The number of hydrogen-bond donors (Lipinski definition) is 2. The van der Waals surface area contributed by atoms with E-state index in [1.165, 1.54) is 12.4 Å². The fourth-order valence-corrected chi connectivity index (χ4v) is 2.73. The molecule has 3 rings (SSSR count). The van der Waals surface area contributed by atoms with Crippen molar-refractivity contribution >= 4 is 11.0 Å². The van der Waals surface area contributed by atoms with Gasteiger partial charge in [0.25, 0.3) is 0 Å². The van der Waals surface area contributed by atoms with Gasteiger partial charge in [-0.2, -0.15) is 8.78 Å². The predicted octanol–water partition coefficient (Wildman–Crippen LogP) is 2.43. The number of alkyl halides is 2. The molecule has 0 bridgehead atoms. The number of aromatic hydroxyl groups is 1. The van der Waals surface area contributed by atoms with Crippen LogP contribution in [0.4, 0.5) is 8.78 Å². The van der Waals surface area contributed by atoms with Crippen molar-refractivity contribution < 1.29 is 23.7 Å². The number of phenolic OH excluding ortho intramolecular Hbond substituents is 1. The summed E-state index contributed by atoms with van der Waals surface area (Å²) in [7, 11) is 0. The van der Waals surface area contributed by atoms with Crippen molar-refractivity contribution in [3.8, 4) is 11.5 Å². The van der Waals surface area contributed by atoms with Gasteiger partial charge in [-0.1, -0.05) is 0 Å². The van der Waals surface area contributed by atoms with E-state index in [0.29, 0.717) is 23.9 Å². The average molecular weight is 284 g/mol. The van der Waals surface area contributed by atoms with Crippen LogP contribution in [0.3, 0.4) is 0 Å². The molecule has 0 spiro atoms. The lowest BCUT2D eigenvalue weighted by atomic mass is 9.77. The molecule has 108 valence electrons. The van der Waals surface area contributed by atoms with Crippen molar-refractivity contribution in [2.24, 2.45) is 0 Å². The van der Waals surface area contributed by atoms with Crippen LogP contribution in [0, 0.1) is 0 Å². The van der Waals surface area contributed by atoms with Crippen molar-refractivity contribution in [2.45, 2.75) is 38.0 Å². The van der Waals surface area contributed by atoms with E-state index in [4.69, 9.17) is 0 Å². The van der Waals surface area contributed by atoms with Gasteiger partial charge in [-0.15, -0.1) is 0 Å². The zero-order chi connectivity index (χ0) is 14.5. The first kappa shape index (κ1) is 13.1. The van der Waals surface area contributed by atoms with Crippen LogP contribution in [-0.2, 0) is 0 Å². The monoisotopic (exact) mass is 284 g/mol. The molecule has 2 N–H and O–H groups in total. The number of ether oxygens (including phenoxy) is 1. The summed E-state index contributed by atoms with van der Waals surface area (Å²) in [6.45, 7) is -1.25. The molecule has 20 heavy (non-hydrogen) atoms. The van der Waals surface area contributed by atoms with Gasteiger partial charge in [-0.05, 0) is 19.8 Å². The Hall–Kier alpha value is -1.89. The first-order valence-corrected chi connectivity index (χ1v) is 6.22. The summed E-state index contributed by atoms with van der Waals surface area (Å²) in [5.41, 5.74) is 0.0536. The highest BCUT2D eigenvalue weighted by Gasteiger charge is 2.40. The second-order valence-corrected chi connectivity index (χ2v) is 5.40. The van der Waals surface area contributed by atoms with Gasteiger partial charge in [0, 0.05) is 18.2 Å². The highest BCUT2D eigenvalue weighted by atomic mass is 19.3. The second kappa shape index (κ2) is 4.31. The van der Waals surface area contributed by atoms with E-state index in [9.17, 15) is 19.0 Å². The lowest BCUT2D eigenvalue weighted by Crippen LogP contribution is -2.41. The van der Waals surface area contributed by atoms with E-state index in [0.717, 1.165) is 6.07 Å². The van der Waals surface area contributed by atoms with Gasteiger partial charge < -0.3 is 19.5 Å². The highest BCUT2D eigenvalue weighted by Crippen LogP contribution is 2.44. The van der Waals surface area contributed by atoms with Crippen LogP contribution in [0.5, 0.6) is 11.5 Å². The van der Waals surface area contributed by atoms with Crippen LogP contribution in [0.1, 0.15) is 25.8 Å². The number of rotatable bonds is 3. The molecule has 1 aliphatic carbocycles. The lowest BCUT2D eigenvalue weighted by Gasteiger charge is -2.41. The molecule has 0 aliphatic heterocycles. The normalized spacial score (nSPS) is 25.9. The standard InChI is InChI=1S/C13H14F2N2O3/c1-13(19)4-7(5-13)17-6-16-9-2-8(18)3-10(11(9)17)20-12(14)15/h2-3,6-7,12,18-19H,4-5H2,1H3/t7-,13+. The minimum Gasteiger partial charge on any atom is -0.508 e. The first-order valence-electron chi connectivity index (χ1n) is 6.22. The summed E-state index contributed by atoms with van der Waals surface area (Å²) in [6.07, 6.45) is 2.56. The van der Waals surface area contributed by atoms with Crippen molar-refractivity contribution in [3.63, 3.8) is 0 Å². The van der Waals surface area contributed by atoms with Crippen molar-refractivity contribution in [3.05, 3.63) is 18.5 Å². The predicted molar refractivity (Wildman–Crippen MR) is 66.9 cm³/mol. The molecule has 0 amide bonds. The number of hydrogen-bond acceptors (Lipinski definition) is 4. The van der Waals surface area contributed by atoms with Gasteiger partial charge in [0.2, 0.25) is 0 Å². The van der Waals surface area contributed by atoms with Gasteiger partial charge in [0.1, 0.15) is 11.3 Å². The van der Waals surface area contributed by atoms with Crippen LogP contribution in [0.2, 0.25) is 0 Å². The van der Waals surface area contributed by atoms with Crippen LogP contribution >= 0.6 is 0 Å². The molecule has 0 saturated heterocycles. The van der Waals surface area contributed by atoms with Gasteiger partial charge in [0.05, 0.1) is 17.4 Å². The Labute approximate surface area is 113 Å². The minimum absolute atomic E-state index is 0.0143. The smallest absolute Gasteiger partial charge is 0.387 e. The van der Waals surface area contributed by atoms with Gasteiger partial charge >= 0.3 is 6.61 Å². The lowest BCUT2D eigenvalue weighted by molar-refractivity contribution is -0.0539. The van der Waals surface area contributed by atoms with E-state index in [-0.39, 0.29) is 17.5 Å². The Kier molecular flexibility index (Phi) is 2.82. The van der Waals surface area contributed by atoms with E-state index in [1.807, 2.05) is 0 Å². The molecule has 0 radical (unpaired) electrons. The van der Waals surface area contributed by atoms with E-state index in [1.54, 1.807) is 11.5 Å². The zero-order valence-electron chi connectivity index (χ0n) is 10.8. The summed E-state index contributed by atoms with van der Waals surface area (Å²) in [6, 6.07) is 2.52. The van der Waals surface area contributed by atoms with Gasteiger partial charge in [-0.3, -0.25) is 0 Å². The van der Waals surface area contributed by atoms with E-state index in [2.05, 4.69) is 9.72 Å². The van der Waals surface area contributed by atoms with Crippen molar-refractivity contribution in [1.29, 1.82) is 0 Å². The molecule has 2 aromatic rings. The molecule has 1 saturated carbocycles. The Morgan fingerprint density at radius 3 is 2.75 bits per heavy atom. The fraction of sp³-hybridized carbons (Fsp3) is 0.462. The maximum atomic E-state index is 12.5. The number of halogens is 2. The largest absolute Gasteiger partial charge is 0.508 e. The number of nitrogens with zero attached hydrogens (tertiary/aromatic N) is 2.